The molecule has 1 N–H and O–H groups in total. The summed E-state index contributed by atoms with van der Waals surface area (Å²) in [5.74, 6) is -0.314. The van der Waals surface area contributed by atoms with E-state index in [1.165, 1.54) is 11.6 Å². The highest BCUT2D eigenvalue weighted by Gasteiger charge is 2.42. The zero-order chi connectivity index (χ0) is 24.1. The molecular formula is C31H30FNO2. The molecule has 0 amide bonds. The minimum atomic E-state index is -1.33. The summed E-state index contributed by atoms with van der Waals surface area (Å²) in [4.78, 5) is 2.32. The monoisotopic (exact) mass is 467 g/mol. The first-order valence-electron chi connectivity index (χ1n) is 12.1. The number of morpholine rings is 1. The van der Waals surface area contributed by atoms with E-state index in [-0.39, 0.29) is 12.2 Å². The Bertz CT molecular complexity index is 1230. The van der Waals surface area contributed by atoms with Gasteiger partial charge in [-0.2, -0.15) is 0 Å². The Morgan fingerprint density at radius 2 is 1.51 bits per heavy atom. The fourth-order valence-electron chi connectivity index (χ4n) is 5.00. The first-order valence-corrected chi connectivity index (χ1v) is 12.1. The van der Waals surface area contributed by atoms with E-state index in [1.807, 2.05) is 78.9 Å². The molecule has 0 unspecified atom stereocenters. The topological polar surface area (TPSA) is 32.7 Å². The smallest absolute Gasteiger partial charge is 0.123 e. The number of nitrogens with zero attached hydrogens (tertiary/aromatic N) is 1. The van der Waals surface area contributed by atoms with Gasteiger partial charge < -0.3 is 9.84 Å². The van der Waals surface area contributed by atoms with Crippen molar-refractivity contribution in [3.63, 3.8) is 0 Å². The van der Waals surface area contributed by atoms with Crippen LogP contribution in [0.25, 0.3) is 11.1 Å². The molecule has 0 spiro atoms. The van der Waals surface area contributed by atoms with Crippen LogP contribution in [0.4, 0.5) is 4.39 Å². The summed E-state index contributed by atoms with van der Waals surface area (Å²) >= 11 is 0. The number of benzene rings is 4. The van der Waals surface area contributed by atoms with E-state index < -0.39 is 11.7 Å². The summed E-state index contributed by atoms with van der Waals surface area (Å²) in [6.45, 7) is 2.70. The van der Waals surface area contributed by atoms with Crippen LogP contribution in [0, 0.1) is 5.82 Å². The highest BCUT2D eigenvalue weighted by molar-refractivity contribution is 5.67. The quantitative estimate of drug-likeness (QED) is 0.372. The number of ether oxygens (including phenoxy) is 1. The second-order valence-corrected chi connectivity index (χ2v) is 9.21. The van der Waals surface area contributed by atoms with E-state index in [4.69, 9.17) is 4.74 Å². The van der Waals surface area contributed by atoms with Gasteiger partial charge in [-0.1, -0.05) is 97.1 Å². The Balaban J connectivity index is 1.50. The van der Waals surface area contributed by atoms with Crippen molar-refractivity contribution in [1.82, 2.24) is 4.90 Å². The third-order valence-corrected chi connectivity index (χ3v) is 6.82. The molecule has 1 fully saturated rings. The third-order valence-electron chi connectivity index (χ3n) is 6.82. The van der Waals surface area contributed by atoms with Gasteiger partial charge in [0, 0.05) is 26.1 Å². The molecule has 0 aliphatic carbocycles. The molecule has 1 aliphatic heterocycles. The number of hydrogen-bond acceptors (Lipinski definition) is 3. The lowest BCUT2D eigenvalue weighted by Crippen LogP contribution is -2.53. The molecule has 5 rings (SSSR count). The molecule has 2 atom stereocenters. The molecule has 178 valence electrons. The largest absolute Gasteiger partial charge is 0.382 e. The lowest BCUT2D eigenvalue weighted by molar-refractivity contribution is -0.149. The van der Waals surface area contributed by atoms with Crippen molar-refractivity contribution in [3.8, 4) is 11.1 Å². The van der Waals surface area contributed by atoms with E-state index in [2.05, 4.69) is 17.0 Å². The molecule has 4 aromatic rings. The third kappa shape index (κ3) is 5.35. The molecule has 0 aromatic heterocycles. The van der Waals surface area contributed by atoms with Gasteiger partial charge in [0.2, 0.25) is 0 Å². The van der Waals surface area contributed by atoms with Gasteiger partial charge in [-0.3, -0.25) is 4.90 Å². The van der Waals surface area contributed by atoms with Crippen LogP contribution < -0.4 is 0 Å². The fraction of sp³-hybridized carbons (Fsp3) is 0.226. The van der Waals surface area contributed by atoms with Crippen molar-refractivity contribution >= 4 is 0 Å². The van der Waals surface area contributed by atoms with Gasteiger partial charge in [0.15, 0.2) is 0 Å². The summed E-state index contributed by atoms with van der Waals surface area (Å²) in [7, 11) is 0. The molecule has 1 saturated heterocycles. The summed E-state index contributed by atoms with van der Waals surface area (Å²) in [6.07, 6.45) is -0.225. The van der Waals surface area contributed by atoms with Crippen molar-refractivity contribution < 1.29 is 14.2 Å². The fourth-order valence-corrected chi connectivity index (χ4v) is 5.00. The molecule has 4 heteroatoms. The van der Waals surface area contributed by atoms with Crippen LogP contribution in [-0.4, -0.2) is 35.8 Å². The average molecular weight is 468 g/mol. The van der Waals surface area contributed by atoms with E-state index >= 15 is 0 Å². The van der Waals surface area contributed by atoms with Gasteiger partial charge in [0.25, 0.3) is 0 Å². The van der Waals surface area contributed by atoms with Crippen LogP contribution in [0.3, 0.4) is 0 Å². The van der Waals surface area contributed by atoms with E-state index in [0.717, 1.165) is 35.3 Å². The molecule has 4 aromatic carbocycles. The Morgan fingerprint density at radius 1 is 0.857 bits per heavy atom. The van der Waals surface area contributed by atoms with Crippen LogP contribution in [0.2, 0.25) is 0 Å². The Morgan fingerprint density at radius 3 is 2.23 bits per heavy atom. The van der Waals surface area contributed by atoms with Gasteiger partial charge in [0.05, 0.1) is 6.61 Å². The molecule has 3 nitrogen and oxygen atoms in total. The zero-order valence-electron chi connectivity index (χ0n) is 19.7. The Labute approximate surface area is 206 Å². The normalized spacial score (nSPS) is 18.2. The van der Waals surface area contributed by atoms with Crippen LogP contribution >= 0.6 is 0 Å². The summed E-state index contributed by atoms with van der Waals surface area (Å²) < 4.78 is 20.7. The van der Waals surface area contributed by atoms with Crippen molar-refractivity contribution in [2.45, 2.75) is 24.7 Å². The van der Waals surface area contributed by atoms with Crippen LogP contribution in [-0.2, 0) is 23.3 Å². The maximum absolute atomic E-state index is 14.5. The highest BCUT2D eigenvalue weighted by atomic mass is 19.1. The summed E-state index contributed by atoms with van der Waals surface area (Å²) in [5, 5.41) is 12.3. The van der Waals surface area contributed by atoms with Gasteiger partial charge >= 0.3 is 0 Å². The molecule has 35 heavy (non-hydrogen) atoms. The van der Waals surface area contributed by atoms with Crippen LogP contribution in [0.15, 0.2) is 109 Å². The summed E-state index contributed by atoms with van der Waals surface area (Å²) in [5.41, 5.74) is 3.34. The van der Waals surface area contributed by atoms with Crippen molar-refractivity contribution in [3.05, 3.63) is 132 Å². The van der Waals surface area contributed by atoms with Crippen LogP contribution in [0.5, 0.6) is 0 Å². The maximum atomic E-state index is 14.5. The van der Waals surface area contributed by atoms with E-state index in [9.17, 15) is 9.50 Å². The minimum absolute atomic E-state index is 0.239. The highest BCUT2D eigenvalue weighted by Crippen LogP contribution is 2.36. The number of halogens is 1. The first kappa shape index (κ1) is 23.4. The lowest BCUT2D eigenvalue weighted by atomic mass is 9.80. The maximum Gasteiger partial charge on any atom is 0.123 e. The predicted octanol–water partition coefficient (Wildman–Crippen LogP) is 5.82. The van der Waals surface area contributed by atoms with Gasteiger partial charge in [0.1, 0.15) is 17.5 Å². The lowest BCUT2D eigenvalue weighted by Gasteiger charge is -2.43. The van der Waals surface area contributed by atoms with Crippen molar-refractivity contribution in [2.24, 2.45) is 0 Å². The number of hydrogen-bond donors (Lipinski definition) is 1. The molecule has 1 aliphatic rings. The van der Waals surface area contributed by atoms with E-state index in [1.54, 1.807) is 12.1 Å². The molecule has 0 radical (unpaired) electrons. The first-order chi connectivity index (χ1) is 17.1. The average Bonchev–Trinajstić information content (AvgIpc) is 2.90. The summed E-state index contributed by atoms with van der Waals surface area (Å²) in [6, 6.07) is 34.7. The van der Waals surface area contributed by atoms with Gasteiger partial charge in [-0.25, -0.2) is 4.39 Å². The minimum Gasteiger partial charge on any atom is -0.382 e. The van der Waals surface area contributed by atoms with Crippen LogP contribution in [0.1, 0.15) is 16.7 Å². The Kier molecular flexibility index (Phi) is 7.05. The number of rotatable bonds is 7. The second kappa shape index (κ2) is 10.5. The Hall–Kier alpha value is -3.31. The second-order valence-electron chi connectivity index (χ2n) is 9.21. The van der Waals surface area contributed by atoms with Crippen molar-refractivity contribution in [2.75, 3.05) is 19.7 Å². The molecular weight excluding hydrogens is 437 g/mol. The van der Waals surface area contributed by atoms with E-state index in [0.29, 0.717) is 13.2 Å². The molecule has 0 saturated carbocycles. The zero-order valence-corrected chi connectivity index (χ0v) is 19.7. The standard InChI is InChI=1S/C31H30FNO2/c32-28-16-17-29(25-12-6-2-7-13-25)26(20-28)21-31(34,27-14-8-3-9-15-27)30-23-33(18-19-35-30)22-24-10-4-1-5-11-24/h1-17,20,30,34H,18-19,21-23H2/t30-,31-/m1/s1. The number of aliphatic hydroxyl groups is 1. The molecule has 1 heterocycles. The van der Waals surface area contributed by atoms with Crippen molar-refractivity contribution in [1.29, 1.82) is 0 Å². The molecule has 0 bridgehead atoms. The SMILES string of the molecule is O[C@](Cc1cc(F)ccc1-c1ccccc1)(c1ccccc1)[C@H]1CN(Cc2ccccc2)CCO1. The van der Waals surface area contributed by atoms with Gasteiger partial charge in [-0.05, 0) is 39.9 Å². The van der Waals surface area contributed by atoms with Gasteiger partial charge in [-0.15, -0.1) is 0 Å². The predicted molar refractivity (Wildman–Crippen MR) is 137 cm³/mol.